The molecule has 0 atom stereocenters. The predicted octanol–water partition coefficient (Wildman–Crippen LogP) is 5.34. The maximum Gasteiger partial charge on any atom is 0.335 e. The van der Waals surface area contributed by atoms with E-state index in [-0.39, 0.29) is 5.56 Å². The van der Waals surface area contributed by atoms with E-state index in [0.29, 0.717) is 18.1 Å². The number of anilines is 1. The van der Waals surface area contributed by atoms with Crippen LogP contribution in [0.2, 0.25) is 0 Å². The second kappa shape index (κ2) is 9.28. The monoisotopic (exact) mass is 394 g/mol. The number of ether oxygens (including phenoxy) is 1. The minimum atomic E-state index is -0.956. The highest BCUT2D eigenvalue weighted by Crippen LogP contribution is 2.34. The third-order valence-electron chi connectivity index (χ3n) is 4.75. The van der Waals surface area contributed by atoms with Crippen LogP contribution in [0.25, 0.3) is 22.6 Å². The lowest BCUT2D eigenvalue weighted by Gasteiger charge is -2.24. The number of nitrogens with zero attached hydrogens (tertiary/aromatic N) is 2. The first-order valence-electron chi connectivity index (χ1n) is 9.89. The fourth-order valence-electron chi connectivity index (χ4n) is 3.15. The number of benzene rings is 2. The van der Waals surface area contributed by atoms with Gasteiger partial charge in [0.05, 0.1) is 17.9 Å². The van der Waals surface area contributed by atoms with Crippen molar-refractivity contribution in [2.75, 3.05) is 24.6 Å². The maximum atomic E-state index is 11.0. The number of rotatable bonds is 9. The predicted molar refractivity (Wildman–Crippen MR) is 114 cm³/mol. The summed E-state index contributed by atoms with van der Waals surface area (Å²) < 4.78 is 11.5. The fourth-order valence-corrected chi connectivity index (χ4v) is 3.15. The molecule has 1 aromatic heterocycles. The van der Waals surface area contributed by atoms with Gasteiger partial charge in [0.25, 0.3) is 0 Å². The van der Waals surface area contributed by atoms with Crippen LogP contribution < -0.4 is 9.64 Å². The van der Waals surface area contributed by atoms with Gasteiger partial charge in [0.1, 0.15) is 11.4 Å². The summed E-state index contributed by atoms with van der Waals surface area (Å²) in [5.41, 5.74) is 3.69. The van der Waals surface area contributed by atoms with Gasteiger partial charge in [-0.2, -0.15) is 0 Å². The van der Waals surface area contributed by atoms with Crippen LogP contribution >= 0.6 is 0 Å². The van der Waals surface area contributed by atoms with Crippen LogP contribution in [0.3, 0.4) is 0 Å². The highest BCUT2D eigenvalue weighted by molar-refractivity contribution is 5.88. The first-order chi connectivity index (χ1) is 14.1. The molecule has 0 aliphatic heterocycles. The van der Waals surface area contributed by atoms with Gasteiger partial charge in [-0.3, -0.25) is 0 Å². The molecule has 0 bridgehead atoms. The van der Waals surface area contributed by atoms with Crippen molar-refractivity contribution in [3.63, 3.8) is 0 Å². The Morgan fingerprint density at radius 3 is 2.34 bits per heavy atom. The minimum absolute atomic E-state index is 0.234. The molecule has 2 aromatic carbocycles. The number of aromatic nitrogens is 1. The van der Waals surface area contributed by atoms with Crippen LogP contribution in [0, 0.1) is 0 Å². The molecule has 0 amide bonds. The van der Waals surface area contributed by atoms with Crippen molar-refractivity contribution in [1.29, 1.82) is 0 Å². The van der Waals surface area contributed by atoms with E-state index in [1.807, 2.05) is 18.2 Å². The molecule has 1 heterocycles. The SMILES string of the molecule is CCCOc1cc(-c2cc(-c3ccc(C(=O)O)cc3)on2)ccc1N(CC)CC. The first kappa shape index (κ1) is 20.5. The van der Waals surface area contributed by atoms with E-state index in [4.69, 9.17) is 14.4 Å². The molecule has 3 rings (SSSR count). The van der Waals surface area contributed by atoms with Gasteiger partial charge in [0.15, 0.2) is 5.76 Å². The average Bonchev–Trinajstić information content (AvgIpc) is 3.24. The molecule has 0 unspecified atom stereocenters. The number of hydrogen-bond donors (Lipinski definition) is 1. The summed E-state index contributed by atoms with van der Waals surface area (Å²) in [5, 5.41) is 13.2. The second-order valence-electron chi connectivity index (χ2n) is 6.66. The Kier molecular flexibility index (Phi) is 6.54. The summed E-state index contributed by atoms with van der Waals surface area (Å²) in [5.74, 6) is 0.465. The molecule has 6 nitrogen and oxygen atoms in total. The van der Waals surface area contributed by atoms with E-state index in [2.05, 4.69) is 36.9 Å². The molecule has 0 aliphatic rings. The summed E-state index contributed by atoms with van der Waals surface area (Å²) in [4.78, 5) is 13.3. The summed E-state index contributed by atoms with van der Waals surface area (Å²) in [6.45, 7) is 8.79. The molecular formula is C23H26N2O4. The summed E-state index contributed by atoms with van der Waals surface area (Å²) in [6, 6.07) is 14.5. The molecule has 0 radical (unpaired) electrons. The lowest BCUT2D eigenvalue weighted by molar-refractivity contribution is 0.0697. The zero-order valence-electron chi connectivity index (χ0n) is 17.0. The molecule has 0 spiro atoms. The van der Waals surface area contributed by atoms with Gasteiger partial charge < -0.3 is 19.3 Å². The summed E-state index contributed by atoms with van der Waals surface area (Å²) in [7, 11) is 0. The lowest BCUT2D eigenvalue weighted by Crippen LogP contribution is -2.22. The van der Waals surface area contributed by atoms with Gasteiger partial charge in [0, 0.05) is 30.3 Å². The number of carboxylic acid groups (broad SMARTS) is 1. The Morgan fingerprint density at radius 2 is 1.72 bits per heavy atom. The van der Waals surface area contributed by atoms with Gasteiger partial charge in [-0.05, 0) is 44.5 Å². The van der Waals surface area contributed by atoms with Crippen molar-refractivity contribution in [3.8, 4) is 28.3 Å². The Bertz CT molecular complexity index is 959. The Hall–Kier alpha value is -3.28. The molecule has 1 N–H and O–H groups in total. The highest BCUT2D eigenvalue weighted by Gasteiger charge is 2.15. The zero-order chi connectivity index (χ0) is 20.8. The average molecular weight is 394 g/mol. The molecule has 3 aromatic rings. The highest BCUT2D eigenvalue weighted by atomic mass is 16.5. The number of carbonyl (C=O) groups is 1. The van der Waals surface area contributed by atoms with Gasteiger partial charge in [-0.15, -0.1) is 0 Å². The van der Waals surface area contributed by atoms with Crippen LogP contribution in [-0.2, 0) is 0 Å². The Labute approximate surface area is 170 Å². The van der Waals surface area contributed by atoms with E-state index in [1.54, 1.807) is 24.3 Å². The van der Waals surface area contributed by atoms with E-state index in [1.165, 1.54) is 0 Å². The summed E-state index contributed by atoms with van der Waals surface area (Å²) in [6.07, 6.45) is 0.933. The molecule has 152 valence electrons. The topological polar surface area (TPSA) is 75.8 Å². The smallest absolute Gasteiger partial charge is 0.335 e. The minimum Gasteiger partial charge on any atom is -0.491 e. The Balaban J connectivity index is 1.91. The van der Waals surface area contributed by atoms with Gasteiger partial charge in [-0.1, -0.05) is 30.3 Å². The number of aromatic carboxylic acids is 1. The second-order valence-corrected chi connectivity index (χ2v) is 6.66. The Morgan fingerprint density at radius 1 is 1.03 bits per heavy atom. The van der Waals surface area contributed by atoms with Crippen molar-refractivity contribution < 1.29 is 19.2 Å². The van der Waals surface area contributed by atoms with E-state index in [0.717, 1.165) is 42.1 Å². The largest absolute Gasteiger partial charge is 0.491 e. The molecular weight excluding hydrogens is 368 g/mol. The lowest BCUT2D eigenvalue weighted by atomic mass is 10.1. The molecule has 0 fully saturated rings. The van der Waals surface area contributed by atoms with E-state index >= 15 is 0 Å². The molecule has 29 heavy (non-hydrogen) atoms. The molecule has 0 saturated carbocycles. The van der Waals surface area contributed by atoms with Crippen LogP contribution in [0.1, 0.15) is 37.6 Å². The third kappa shape index (κ3) is 4.59. The van der Waals surface area contributed by atoms with Crippen molar-refractivity contribution in [3.05, 3.63) is 54.1 Å². The standard InChI is InChI=1S/C23H26N2O4/c1-4-13-28-22-14-18(11-12-20(22)25(5-2)6-3)19-15-21(29-24-19)16-7-9-17(10-8-16)23(26)27/h7-12,14-15H,4-6,13H2,1-3H3,(H,26,27). The van der Waals surface area contributed by atoms with Crippen molar-refractivity contribution >= 4 is 11.7 Å². The first-order valence-corrected chi connectivity index (χ1v) is 9.89. The maximum absolute atomic E-state index is 11.0. The quantitative estimate of drug-likeness (QED) is 0.528. The van der Waals surface area contributed by atoms with Crippen molar-refractivity contribution in [2.24, 2.45) is 0 Å². The van der Waals surface area contributed by atoms with Crippen LogP contribution in [-0.4, -0.2) is 35.9 Å². The van der Waals surface area contributed by atoms with E-state index in [9.17, 15) is 4.79 Å². The number of hydrogen-bond acceptors (Lipinski definition) is 5. The van der Waals surface area contributed by atoms with Gasteiger partial charge >= 0.3 is 5.97 Å². The van der Waals surface area contributed by atoms with Crippen LogP contribution in [0.15, 0.2) is 53.1 Å². The van der Waals surface area contributed by atoms with E-state index < -0.39 is 5.97 Å². The van der Waals surface area contributed by atoms with Crippen molar-refractivity contribution in [1.82, 2.24) is 5.16 Å². The zero-order valence-corrected chi connectivity index (χ0v) is 17.0. The fraction of sp³-hybridized carbons (Fsp3) is 0.304. The molecule has 0 saturated heterocycles. The normalized spacial score (nSPS) is 10.7. The van der Waals surface area contributed by atoms with Gasteiger partial charge in [-0.25, -0.2) is 4.79 Å². The summed E-state index contributed by atoms with van der Waals surface area (Å²) >= 11 is 0. The molecule has 6 heteroatoms. The number of carboxylic acids is 1. The third-order valence-corrected chi connectivity index (χ3v) is 4.75. The van der Waals surface area contributed by atoms with Crippen LogP contribution in [0.5, 0.6) is 5.75 Å². The molecule has 0 aliphatic carbocycles. The van der Waals surface area contributed by atoms with Gasteiger partial charge in [0.2, 0.25) is 0 Å². The van der Waals surface area contributed by atoms with Crippen LogP contribution in [0.4, 0.5) is 5.69 Å². The van der Waals surface area contributed by atoms with Crippen molar-refractivity contribution in [2.45, 2.75) is 27.2 Å².